The molecule has 0 aliphatic heterocycles. The van der Waals surface area contributed by atoms with Crippen molar-refractivity contribution in [2.75, 3.05) is 38.6 Å². The van der Waals surface area contributed by atoms with E-state index in [0.717, 1.165) is 30.8 Å². The zero-order valence-electron chi connectivity index (χ0n) is 32.7. The first kappa shape index (κ1) is 45.7. The van der Waals surface area contributed by atoms with Crippen LogP contribution < -0.4 is 21.1 Å². The second kappa shape index (κ2) is 33.8. The first-order valence-corrected chi connectivity index (χ1v) is 21.3. The summed E-state index contributed by atoms with van der Waals surface area (Å²) >= 11 is 0. The van der Waals surface area contributed by atoms with Crippen molar-refractivity contribution in [2.24, 2.45) is 0 Å². The molecular weight excluding hydrogens is 606 g/mol. The highest BCUT2D eigenvalue weighted by Gasteiger charge is 2.29. The van der Waals surface area contributed by atoms with E-state index in [2.05, 4.69) is 24.5 Å². The maximum atomic E-state index is 10.1. The second-order valence-corrected chi connectivity index (χ2v) is 15.0. The third kappa shape index (κ3) is 26.1. The molecule has 0 aliphatic carbocycles. The number of ether oxygens (including phenoxy) is 1. The molecule has 0 aromatic heterocycles. The maximum absolute atomic E-state index is 10.1. The fourth-order valence-electron chi connectivity index (χ4n) is 6.69. The second-order valence-electron chi connectivity index (χ2n) is 15.0. The Morgan fingerprint density at radius 2 is 0.939 bits per heavy atom. The number of hydrogen-bond donors (Lipinski definition) is 5. The molecule has 1 rings (SSSR count). The van der Waals surface area contributed by atoms with Gasteiger partial charge in [0.25, 0.3) is 0 Å². The van der Waals surface area contributed by atoms with Gasteiger partial charge in [0.15, 0.2) is 0 Å². The minimum atomic E-state index is -0.857. The molecule has 0 amide bonds. The fourth-order valence-corrected chi connectivity index (χ4v) is 6.69. The maximum Gasteiger partial charge on any atom is 0.119 e. The lowest BCUT2D eigenvalue weighted by molar-refractivity contribution is 0.0508. The van der Waals surface area contributed by atoms with Gasteiger partial charge in [-0.15, -0.1) is 0 Å². The summed E-state index contributed by atoms with van der Waals surface area (Å²) in [6.07, 6.45) is 37.9. The van der Waals surface area contributed by atoms with Gasteiger partial charge in [-0.25, -0.2) is 0 Å². The van der Waals surface area contributed by atoms with E-state index in [4.69, 9.17) is 10.5 Å². The van der Waals surface area contributed by atoms with Crippen LogP contribution in [-0.2, 0) is 6.54 Å². The van der Waals surface area contributed by atoms with Gasteiger partial charge in [-0.05, 0) is 49.7 Å². The van der Waals surface area contributed by atoms with E-state index in [-0.39, 0.29) is 19.8 Å². The molecule has 0 radical (unpaired) electrons. The van der Waals surface area contributed by atoms with E-state index in [0.29, 0.717) is 12.3 Å². The third-order valence-corrected chi connectivity index (χ3v) is 10.3. The highest BCUT2D eigenvalue weighted by atomic mass is 16.5. The summed E-state index contributed by atoms with van der Waals surface area (Å²) in [4.78, 5) is 0. The molecule has 0 fully saturated rings. The number of nitrogen functional groups attached to an aromatic ring is 1. The highest BCUT2D eigenvalue weighted by molar-refractivity contribution is 5.50. The Morgan fingerprint density at radius 3 is 1.35 bits per heavy atom. The number of aliphatic hydroxyl groups excluding tert-OH is 2. The van der Waals surface area contributed by atoms with Gasteiger partial charge < -0.3 is 31.3 Å². The van der Waals surface area contributed by atoms with E-state index >= 15 is 0 Å². The molecule has 0 aliphatic rings. The molecule has 0 heterocycles. The van der Waals surface area contributed by atoms with Crippen molar-refractivity contribution in [2.45, 2.75) is 206 Å². The summed E-state index contributed by atoms with van der Waals surface area (Å²) in [6.45, 7) is 6.88. The van der Waals surface area contributed by atoms with Crippen molar-refractivity contribution in [3.63, 3.8) is 0 Å². The molecule has 49 heavy (non-hydrogen) atoms. The van der Waals surface area contributed by atoms with Crippen LogP contribution in [-0.4, -0.2) is 48.7 Å². The van der Waals surface area contributed by atoms with Crippen molar-refractivity contribution < 1.29 is 14.9 Å². The van der Waals surface area contributed by atoms with Crippen molar-refractivity contribution in [3.05, 3.63) is 23.8 Å². The minimum absolute atomic E-state index is 0.176. The standard InChI is InChI=1S/C43H83N3O3/c1-3-5-7-9-11-13-15-17-19-21-23-25-27-29-33-45-36-40-35-41(31-32-42(40)44)49-39-43(37-47,38-48)46-34-30-28-26-24-22-20-18-16-14-12-10-8-6-4-2/h31-32,35,45-48H,3-30,33-34,36-39,44H2,1-2H3. The molecule has 1 aromatic carbocycles. The molecular formula is C43H83N3O3. The minimum Gasteiger partial charge on any atom is -0.491 e. The number of anilines is 1. The van der Waals surface area contributed by atoms with Gasteiger partial charge in [-0.1, -0.05) is 181 Å². The van der Waals surface area contributed by atoms with E-state index in [1.807, 2.05) is 18.2 Å². The van der Waals surface area contributed by atoms with Gasteiger partial charge in [-0.3, -0.25) is 0 Å². The number of nitrogens with two attached hydrogens (primary N) is 1. The summed E-state index contributed by atoms with van der Waals surface area (Å²) in [5, 5.41) is 27.2. The number of rotatable bonds is 38. The van der Waals surface area contributed by atoms with Crippen molar-refractivity contribution in [1.82, 2.24) is 10.6 Å². The lowest BCUT2D eigenvalue weighted by Gasteiger charge is -2.31. The summed E-state index contributed by atoms with van der Waals surface area (Å²) < 4.78 is 6.09. The molecule has 6 nitrogen and oxygen atoms in total. The quantitative estimate of drug-likeness (QED) is 0.0350. The van der Waals surface area contributed by atoms with E-state index in [9.17, 15) is 10.2 Å². The van der Waals surface area contributed by atoms with Gasteiger partial charge in [-0.2, -0.15) is 0 Å². The Morgan fingerprint density at radius 1 is 0.551 bits per heavy atom. The van der Waals surface area contributed by atoms with Crippen LogP contribution in [0, 0.1) is 0 Å². The van der Waals surface area contributed by atoms with E-state index < -0.39 is 5.54 Å². The SMILES string of the molecule is CCCCCCCCCCCCCCCCNCc1cc(OCC(CO)(CO)NCCCCCCCCCCCCCCCC)ccc1N. The molecule has 288 valence electrons. The Hall–Kier alpha value is -1.34. The molecule has 6 N–H and O–H groups in total. The number of unbranched alkanes of at least 4 members (excludes halogenated alkanes) is 26. The van der Waals surface area contributed by atoms with E-state index in [1.165, 1.54) is 173 Å². The molecule has 0 atom stereocenters. The van der Waals surface area contributed by atoms with Crippen molar-refractivity contribution in [1.29, 1.82) is 0 Å². The van der Waals surface area contributed by atoms with Gasteiger partial charge in [0, 0.05) is 12.2 Å². The van der Waals surface area contributed by atoms with Gasteiger partial charge in [0.1, 0.15) is 12.4 Å². The van der Waals surface area contributed by atoms with Crippen LogP contribution in [0.5, 0.6) is 5.75 Å². The normalized spacial score (nSPS) is 11.8. The van der Waals surface area contributed by atoms with Crippen molar-refractivity contribution in [3.8, 4) is 5.75 Å². The van der Waals surface area contributed by atoms with Crippen LogP contribution in [0.3, 0.4) is 0 Å². The third-order valence-electron chi connectivity index (χ3n) is 10.3. The first-order valence-electron chi connectivity index (χ1n) is 21.3. The lowest BCUT2D eigenvalue weighted by atomic mass is 10.0. The van der Waals surface area contributed by atoms with Crippen LogP contribution in [0.25, 0.3) is 0 Å². The molecule has 6 heteroatoms. The van der Waals surface area contributed by atoms with E-state index in [1.54, 1.807) is 0 Å². The largest absolute Gasteiger partial charge is 0.491 e. The summed E-state index contributed by atoms with van der Waals surface area (Å²) in [5.41, 5.74) is 7.20. The molecule has 0 saturated heterocycles. The van der Waals surface area contributed by atoms with Crippen LogP contribution >= 0.6 is 0 Å². The Kier molecular flexibility index (Phi) is 31.5. The zero-order chi connectivity index (χ0) is 35.5. The predicted octanol–water partition coefficient (Wildman–Crippen LogP) is 11.0. The number of aliphatic hydroxyl groups is 2. The van der Waals surface area contributed by atoms with Crippen LogP contribution in [0.1, 0.15) is 199 Å². The molecule has 0 spiro atoms. The van der Waals surface area contributed by atoms with Gasteiger partial charge >= 0.3 is 0 Å². The molecule has 0 bridgehead atoms. The Labute approximate surface area is 304 Å². The summed E-state index contributed by atoms with van der Waals surface area (Å²) in [7, 11) is 0. The molecule has 0 saturated carbocycles. The van der Waals surface area contributed by atoms with Crippen LogP contribution in [0.2, 0.25) is 0 Å². The monoisotopic (exact) mass is 690 g/mol. The predicted molar refractivity (Wildman–Crippen MR) is 214 cm³/mol. The number of hydrogen-bond acceptors (Lipinski definition) is 6. The summed E-state index contributed by atoms with van der Waals surface area (Å²) in [5.74, 6) is 0.715. The van der Waals surface area contributed by atoms with Gasteiger partial charge in [0.2, 0.25) is 0 Å². The number of benzene rings is 1. The Balaban J connectivity index is 2.13. The first-order chi connectivity index (χ1) is 24.1. The topological polar surface area (TPSA) is 99.8 Å². The Bertz CT molecular complexity index is 833. The van der Waals surface area contributed by atoms with Crippen LogP contribution in [0.15, 0.2) is 18.2 Å². The zero-order valence-corrected chi connectivity index (χ0v) is 32.7. The fraction of sp³-hybridized carbons (Fsp3) is 0.860. The number of nitrogens with one attached hydrogen (secondary N) is 2. The van der Waals surface area contributed by atoms with Gasteiger partial charge in [0.05, 0.1) is 18.8 Å². The molecule has 0 unspecified atom stereocenters. The van der Waals surface area contributed by atoms with Crippen LogP contribution in [0.4, 0.5) is 5.69 Å². The smallest absolute Gasteiger partial charge is 0.119 e. The molecule has 1 aromatic rings. The summed E-state index contributed by atoms with van der Waals surface area (Å²) in [6, 6.07) is 5.75. The highest BCUT2D eigenvalue weighted by Crippen LogP contribution is 2.21. The average Bonchev–Trinajstić information content (AvgIpc) is 3.12. The van der Waals surface area contributed by atoms with Crippen molar-refractivity contribution >= 4 is 5.69 Å². The average molecular weight is 690 g/mol. The lowest BCUT2D eigenvalue weighted by Crippen LogP contribution is -2.56.